The molecule has 3 heterocycles. The summed E-state index contributed by atoms with van der Waals surface area (Å²) in [5, 5.41) is 0. The average molecular weight is 515 g/mol. The fourth-order valence-corrected chi connectivity index (χ4v) is 5.13. The lowest BCUT2D eigenvalue weighted by Gasteiger charge is -2.41. The van der Waals surface area contributed by atoms with Gasteiger partial charge < -0.3 is 10.6 Å². The molecule has 6 nitrogen and oxygen atoms in total. The zero-order valence-corrected chi connectivity index (χ0v) is 18.8. The molecule has 0 radical (unpaired) electrons. The van der Waals surface area contributed by atoms with Crippen molar-refractivity contribution in [3.05, 3.63) is 65.9 Å². The van der Waals surface area contributed by atoms with Crippen LogP contribution in [0, 0.1) is 5.82 Å². The lowest BCUT2D eigenvalue weighted by molar-refractivity contribution is 0.0606. The molecule has 35 heavy (non-hydrogen) atoms. The van der Waals surface area contributed by atoms with Crippen molar-refractivity contribution in [1.29, 1.82) is 0 Å². The van der Waals surface area contributed by atoms with E-state index in [2.05, 4.69) is 9.97 Å². The minimum Gasteiger partial charge on any atom is -0.382 e. The molecular weight excluding hydrogens is 496 g/mol. The quantitative estimate of drug-likeness (QED) is 0.311. The van der Waals surface area contributed by atoms with E-state index in [-0.39, 0.29) is 29.0 Å². The lowest BCUT2D eigenvalue weighted by atomic mass is 9.94. The zero-order valence-electron chi connectivity index (χ0n) is 18.0. The molecule has 0 unspecified atom stereocenters. The second-order valence-electron chi connectivity index (χ2n) is 8.51. The number of carbonyl (C=O) groups is 1. The van der Waals surface area contributed by atoms with E-state index in [9.17, 15) is 24.2 Å². The number of anilines is 1. The van der Waals surface area contributed by atoms with Gasteiger partial charge in [0, 0.05) is 12.6 Å². The Kier molecular flexibility index (Phi) is 4.67. The number of benzene rings is 2. The van der Waals surface area contributed by atoms with Crippen LogP contribution in [0.2, 0.25) is 0 Å². The van der Waals surface area contributed by atoms with E-state index in [4.69, 9.17) is 5.73 Å². The third-order valence-electron chi connectivity index (χ3n) is 6.17. The fraction of sp³-hybridized carbons (Fsp3) is 0.227. The molecule has 1 aliphatic heterocycles. The third-order valence-corrected chi connectivity index (χ3v) is 7.33. The number of nitrogens with two attached hydrogens (primary N) is 1. The van der Waals surface area contributed by atoms with Gasteiger partial charge in [-0.1, -0.05) is 31.6 Å². The number of fused-ring (bicyclic) bond motifs is 3. The van der Waals surface area contributed by atoms with Gasteiger partial charge in [0.25, 0.3) is 5.91 Å². The first-order valence-electron chi connectivity index (χ1n) is 10.6. The molecule has 186 valence electrons. The number of rotatable bonds is 3. The van der Waals surface area contributed by atoms with Gasteiger partial charge in [0.05, 0.1) is 35.2 Å². The van der Waals surface area contributed by atoms with Crippen molar-refractivity contribution in [1.82, 2.24) is 19.3 Å². The van der Waals surface area contributed by atoms with Crippen LogP contribution in [0.3, 0.4) is 0 Å². The summed E-state index contributed by atoms with van der Waals surface area (Å²) in [6.45, 7) is 0.227. The first-order chi connectivity index (χ1) is 16.2. The molecule has 0 saturated carbocycles. The normalized spacial score (nSPS) is 19.0. The van der Waals surface area contributed by atoms with Crippen LogP contribution in [0.25, 0.3) is 16.6 Å². The number of halogens is 6. The number of hydrogen-bond donors (Lipinski definition) is 1. The number of imidazole rings is 1. The van der Waals surface area contributed by atoms with Gasteiger partial charge in [0.2, 0.25) is 0 Å². The number of piperidine rings is 1. The number of likely N-dealkylation sites (tertiary alicyclic amines) is 1. The highest BCUT2D eigenvalue weighted by atomic mass is 32.5. The van der Waals surface area contributed by atoms with Crippen molar-refractivity contribution >= 4 is 38.5 Å². The second kappa shape index (κ2) is 7.03. The Morgan fingerprint density at radius 3 is 2.43 bits per heavy atom. The number of carbonyl (C=O) groups excluding carboxylic acids is 1. The van der Waals surface area contributed by atoms with Gasteiger partial charge >= 0.3 is 10.2 Å². The summed E-state index contributed by atoms with van der Waals surface area (Å²) in [6.07, 6.45) is 4.58. The molecule has 2 N–H and O–H groups in total. The highest BCUT2D eigenvalue weighted by Gasteiger charge is 2.65. The maximum atomic E-state index is 15.0. The smallest absolute Gasteiger partial charge is 0.310 e. The van der Waals surface area contributed by atoms with Gasteiger partial charge in [-0.05, 0) is 43.0 Å². The Labute approximate surface area is 195 Å². The second-order valence-corrected chi connectivity index (χ2v) is 10.9. The van der Waals surface area contributed by atoms with Crippen molar-refractivity contribution in [2.75, 3.05) is 12.3 Å². The number of amides is 1. The summed E-state index contributed by atoms with van der Waals surface area (Å²) in [5.74, 6) is -1.37. The largest absolute Gasteiger partial charge is 0.382 e. The third kappa shape index (κ3) is 4.13. The van der Waals surface area contributed by atoms with Crippen molar-refractivity contribution < 1.29 is 28.6 Å². The molecular formula is C22H19F6N5OS. The predicted molar refractivity (Wildman–Crippen MR) is 120 cm³/mol. The van der Waals surface area contributed by atoms with Gasteiger partial charge in [-0.3, -0.25) is 9.20 Å². The maximum absolute atomic E-state index is 15.0. The minimum atomic E-state index is -9.82. The van der Waals surface area contributed by atoms with Crippen LogP contribution >= 0.6 is 10.2 Å². The summed E-state index contributed by atoms with van der Waals surface area (Å²) in [5.41, 5.74) is 6.97. The first-order valence-corrected chi connectivity index (χ1v) is 12.5. The summed E-state index contributed by atoms with van der Waals surface area (Å²) in [4.78, 5) is 21.0. The highest BCUT2D eigenvalue weighted by molar-refractivity contribution is 8.45. The zero-order chi connectivity index (χ0) is 25.2. The predicted octanol–water partition coefficient (Wildman–Crippen LogP) is 6.63. The van der Waals surface area contributed by atoms with Crippen molar-refractivity contribution in [3.8, 4) is 0 Å². The Bertz CT molecular complexity index is 1490. The summed E-state index contributed by atoms with van der Waals surface area (Å²) in [7, 11) is -9.82. The SMILES string of the molecule is Nc1nc2cc(F)c(C(=O)N3CCCC[C@@H]3c3ccc(S(F)(F)(F)(F)F)cc3)cc2n2cncc12. The summed E-state index contributed by atoms with van der Waals surface area (Å²) >= 11 is 0. The molecule has 13 heteroatoms. The Morgan fingerprint density at radius 2 is 1.74 bits per heavy atom. The minimum absolute atomic E-state index is 0.139. The van der Waals surface area contributed by atoms with Gasteiger partial charge in [-0.15, -0.1) is 0 Å². The van der Waals surface area contributed by atoms with Crippen LogP contribution in [0.15, 0.2) is 53.8 Å². The molecule has 2 aromatic carbocycles. The molecule has 1 aliphatic rings. The molecule has 4 aromatic rings. The van der Waals surface area contributed by atoms with Crippen molar-refractivity contribution in [3.63, 3.8) is 0 Å². The molecule has 0 aliphatic carbocycles. The van der Waals surface area contributed by atoms with Crippen LogP contribution in [0.4, 0.5) is 29.6 Å². The molecule has 1 amide bonds. The maximum Gasteiger partial charge on any atom is 0.310 e. The summed E-state index contributed by atoms with van der Waals surface area (Å²) < 4.78 is 82.1. The molecule has 0 spiro atoms. The number of hydrogen-bond acceptors (Lipinski definition) is 4. The van der Waals surface area contributed by atoms with Gasteiger partial charge in [0.15, 0.2) is 0 Å². The Hall–Kier alpha value is -3.48. The van der Waals surface area contributed by atoms with Gasteiger partial charge in [0.1, 0.15) is 22.0 Å². The van der Waals surface area contributed by atoms with E-state index >= 15 is 4.39 Å². The van der Waals surface area contributed by atoms with Crippen molar-refractivity contribution in [2.24, 2.45) is 0 Å². The number of aromatic nitrogens is 3. The van der Waals surface area contributed by atoms with Crippen molar-refractivity contribution in [2.45, 2.75) is 30.2 Å². The van der Waals surface area contributed by atoms with E-state index in [0.717, 1.165) is 18.2 Å². The highest BCUT2D eigenvalue weighted by Crippen LogP contribution is 3.02. The molecule has 0 bridgehead atoms. The van der Waals surface area contributed by atoms with Crippen LogP contribution in [0.1, 0.15) is 41.2 Å². The topological polar surface area (TPSA) is 76.5 Å². The summed E-state index contributed by atoms with van der Waals surface area (Å²) in [6, 6.07) is 4.27. The lowest BCUT2D eigenvalue weighted by Crippen LogP contribution is -2.39. The van der Waals surface area contributed by atoms with Crippen LogP contribution in [-0.2, 0) is 0 Å². The molecule has 1 atom stereocenters. The van der Waals surface area contributed by atoms with E-state index < -0.39 is 32.9 Å². The van der Waals surface area contributed by atoms with Crippen LogP contribution < -0.4 is 5.73 Å². The first kappa shape index (κ1) is 23.3. The Morgan fingerprint density at radius 1 is 1.03 bits per heavy atom. The van der Waals surface area contributed by atoms with Crippen LogP contribution in [0.5, 0.6) is 0 Å². The molecule has 1 saturated heterocycles. The van der Waals surface area contributed by atoms with E-state index in [1.807, 2.05) is 0 Å². The molecule has 1 fully saturated rings. The van der Waals surface area contributed by atoms with Gasteiger partial charge in [-0.2, -0.15) is 0 Å². The van der Waals surface area contributed by atoms with Gasteiger partial charge in [-0.25, -0.2) is 14.4 Å². The molecule has 5 rings (SSSR count). The monoisotopic (exact) mass is 515 g/mol. The van der Waals surface area contributed by atoms with E-state index in [0.29, 0.717) is 42.4 Å². The number of nitrogens with zero attached hydrogens (tertiary/aromatic N) is 4. The standard InChI is InChI=1S/C22H19F6N5OS/c23-16-10-17-19(33-12-30-11-20(33)21(29)31-17)9-15(16)22(34)32-8-2-1-3-18(32)13-4-6-14(7-5-13)35(24,25,26,27)28/h4-7,9-12,18H,1-3,8H2,(H2,29,31)/t18-/m1/s1. The van der Waals surface area contributed by atoms with Crippen LogP contribution in [-0.4, -0.2) is 31.7 Å². The molecule has 2 aromatic heterocycles. The average Bonchev–Trinajstić information content (AvgIpc) is 3.28. The number of nitrogen functional groups attached to an aromatic ring is 1. The van der Waals surface area contributed by atoms with E-state index in [1.54, 1.807) is 4.40 Å². The van der Waals surface area contributed by atoms with E-state index in [1.165, 1.54) is 23.5 Å². The Balaban J connectivity index is 1.54. The fourth-order valence-electron chi connectivity index (χ4n) is 4.48.